The van der Waals surface area contributed by atoms with Crippen LogP contribution in [0.15, 0.2) is 11.6 Å². The van der Waals surface area contributed by atoms with Crippen LogP contribution >= 0.6 is 11.3 Å². The lowest BCUT2D eigenvalue weighted by atomic mass is 9.95. The van der Waals surface area contributed by atoms with Crippen molar-refractivity contribution in [3.05, 3.63) is 33.8 Å². The topological polar surface area (TPSA) is 83.4 Å². The molecule has 2 aromatic rings. The largest absolute Gasteiger partial charge is 0.347 e. The number of amides is 2. The third-order valence-electron chi connectivity index (χ3n) is 7.70. The molecular formula is C24H34N6O2S. The van der Waals surface area contributed by atoms with E-state index in [1.165, 1.54) is 18.5 Å². The highest BCUT2D eigenvalue weighted by molar-refractivity contribution is 7.09. The van der Waals surface area contributed by atoms with Crippen molar-refractivity contribution in [3.8, 4) is 0 Å². The lowest BCUT2D eigenvalue weighted by molar-refractivity contribution is -0.129. The standard InChI is InChI=1S/C24H34N6O2S/c1-15-26-22-14-28(17(3)32)9-7-23(22)30(15)20-12-18-4-5-19(13-20)29(18)10-6-21(27-16(2)31)24-25-8-11-33-24/h8,11,18-21H,4-7,9-10,12-14H2,1-3H3,(H,27,31)/t18-,19+,20+,21-/m0/s1. The number of fused-ring (bicyclic) bond motifs is 3. The fourth-order valence-corrected chi connectivity index (χ4v) is 7.03. The van der Waals surface area contributed by atoms with Crippen molar-refractivity contribution in [3.63, 3.8) is 0 Å². The van der Waals surface area contributed by atoms with E-state index in [0.29, 0.717) is 24.7 Å². The van der Waals surface area contributed by atoms with Crippen LogP contribution < -0.4 is 5.32 Å². The molecule has 5 rings (SSSR count). The minimum Gasteiger partial charge on any atom is -0.347 e. The second-order valence-corrected chi connectivity index (χ2v) is 10.7. The maximum atomic E-state index is 11.8. The molecule has 33 heavy (non-hydrogen) atoms. The van der Waals surface area contributed by atoms with Gasteiger partial charge in [0.2, 0.25) is 11.8 Å². The van der Waals surface area contributed by atoms with E-state index in [1.807, 2.05) is 16.5 Å². The maximum Gasteiger partial charge on any atom is 0.219 e. The van der Waals surface area contributed by atoms with Crippen molar-refractivity contribution in [2.75, 3.05) is 13.1 Å². The molecule has 0 unspecified atom stereocenters. The second kappa shape index (κ2) is 9.18. The van der Waals surface area contributed by atoms with E-state index in [1.54, 1.807) is 25.2 Å². The Morgan fingerprint density at radius 2 is 1.97 bits per heavy atom. The van der Waals surface area contributed by atoms with Gasteiger partial charge in [-0.2, -0.15) is 0 Å². The number of thiazole rings is 1. The predicted molar refractivity (Wildman–Crippen MR) is 127 cm³/mol. The zero-order valence-electron chi connectivity index (χ0n) is 19.8. The van der Waals surface area contributed by atoms with Gasteiger partial charge in [-0.05, 0) is 39.0 Å². The van der Waals surface area contributed by atoms with Crippen LogP contribution in [-0.2, 0) is 22.6 Å². The van der Waals surface area contributed by atoms with Crippen LogP contribution in [0.5, 0.6) is 0 Å². The third-order valence-corrected chi connectivity index (χ3v) is 8.59. The number of hydrogen-bond donors (Lipinski definition) is 1. The number of aromatic nitrogens is 3. The first kappa shape index (κ1) is 22.5. The SMILES string of the molecule is CC(=O)N[C@@H](CCN1[C@@H]2CC[C@H]1C[C@@H](n1c(C)nc3c1CCN(C(C)=O)C3)C2)c1nccs1. The van der Waals surface area contributed by atoms with Gasteiger partial charge < -0.3 is 14.8 Å². The highest BCUT2D eigenvalue weighted by atomic mass is 32.1. The number of piperidine rings is 1. The number of nitrogens with zero attached hydrogens (tertiary/aromatic N) is 5. The van der Waals surface area contributed by atoms with E-state index < -0.39 is 0 Å². The van der Waals surface area contributed by atoms with Gasteiger partial charge >= 0.3 is 0 Å². The van der Waals surface area contributed by atoms with Crippen molar-refractivity contribution in [2.45, 2.75) is 90.0 Å². The Labute approximate surface area is 199 Å². The van der Waals surface area contributed by atoms with Crippen LogP contribution in [0.25, 0.3) is 0 Å². The van der Waals surface area contributed by atoms with Crippen LogP contribution in [0.4, 0.5) is 0 Å². The van der Waals surface area contributed by atoms with Crippen LogP contribution in [0.2, 0.25) is 0 Å². The van der Waals surface area contributed by atoms with Gasteiger partial charge in [-0.1, -0.05) is 0 Å². The van der Waals surface area contributed by atoms with Gasteiger partial charge in [-0.3, -0.25) is 14.5 Å². The second-order valence-electron chi connectivity index (χ2n) is 9.77. The highest BCUT2D eigenvalue weighted by Gasteiger charge is 2.42. The number of rotatable bonds is 6. The Bertz CT molecular complexity index is 1000. The molecule has 9 heteroatoms. The highest BCUT2D eigenvalue weighted by Crippen LogP contribution is 2.43. The molecule has 5 heterocycles. The van der Waals surface area contributed by atoms with E-state index in [0.717, 1.165) is 55.3 Å². The van der Waals surface area contributed by atoms with E-state index >= 15 is 0 Å². The summed E-state index contributed by atoms with van der Waals surface area (Å²) in [6.45, 7) is 7.77. The molecule has 0 radical (unpaired) electrons. The van der Waals surface area contributed by atoms with Gasteiger partial charge in [0.05, 0.1) is 18.3 Å². The van der Waals surface area contributed by atoms with Gasteiger partial charge in [-0.15, -0.1) is 11.3 Å². The van der Waals surface area contributed by atoms with Crippen LogP contribution in [0.3, 0.4) is 0 Å². The molecule has 0 saturated carbocycles. The van der Waals surface area contributed by atoms with Crippen LogP contribution in [0, 0.1) is 6.92 Å². The smallest absolute Gasteiger partial charge is 0.219 e. The lowest BCUT2D eigenvalue weighted by Gasteiger charge is -2.41. The summed E-state index contributed by atoms with van der Waals surface area (Å²) in [6, 6.07) is 1.64. The van der Waals surface area contributed by atoms with Gasteiger partial charge in [0, 0.05) is 68.8 Å². The van der Waals surface area contributed by atoms with E-state index in [2.05, 4.69) is 26.7 Å². The molecule has 2 amide bonds. The summed E-state index contributed by atoms with van der Waals surface area (Å²) in [6.07, 6.45) is 8.40. The van der Waals surface area contributed by atoms with Gasteiger partial charge in [0.15, 0.2) is 0 Å². The molecule has 178 valence electrons. The molecule has 8 nitrogen and oxygen atoms in total. The van der Waals surface area contributed by atoms with Gasteiger partial charge in [0.1, 0.15) is 10.8 Å². The van der Waals surface area contributed by atoms with Crippen molar-refractivity contribution in [1.29, 1.82) is 0 Å². The van der Waals surface area contributed by atoms with Crippen LogP contribution in [0.1, 0.15) is 80.3 Å². The van der Waals surface area contributed by atoms with Gasteiger partial charge in [0.25, 0.3) is 0 Å². The summed E-state index contributed by atoms with van der Waals surface area (Å²) >= 11 is 1.61. The summed E-state index contributed by atoms with van der Waals surface area (Å²) in [5.41, 5.74) is 2.43. The number of aryl methyl sites for hydroxylation is 1. The molecule has 3 aliphatic rings. The molecule has 3 aliphatic heterocycles. The Kier molecular flexibility index (Phi) is 6.26. The molecule has 4 atom stereocenters. The van der Waals surface area contributed by atoms with Crippen molar-refractivity contribution >= 4 is 23.2 Å². The minimum absolute atomic E-state index is 0.000533. The zero-order valence-corrected chi connectivity index (χ0v) is 20.6. The Morgan fingerprint density at radius 1 is 1.21 bits per heavy atom. The summed E-state index contributed by atoms with van der Waals surface area (Å²) < 4.78 is 2.51. The number of nitrogens with one attached hydrogen (secondary N) is 1. The quantitative estimate of drug-likeness (QED) is 0.702. The van der Waals surface area contributed by atoms with Crippen LogP contribution in [-0.4, -0.2) is 61.3 Å². The Balaban J connectivity index is 1.27. The third kappa shape index (κ3) is 4.45. The van der Waals surface area contributed by atoms with Gasteiger partial charge in [-0.25, -0.2) is 9.97 Å². The molecule has 0 aromatic carbocycles. The number of hydrogen-bond acceptors (Lipinski definition) is 6. The van der Waals surface area contributed by atoms with Crippen molar-refractivity contribution < 1.29 is 9.59 Å². The molecular weight excluding hydrogens is 436 g/mol. The Morgan fingerprint density at radius 3 is 2.61 bits per heavy atom. The molecule has 1 N–H and O–H groups in total. The maximum absolute atomic E-state index is 11.8. The number of imidazole rings is 1. The zero-order chi connectivity index (χ0) is 23.1. The summed E-state index contributed by atoms with van der Waals surface area (Å²) in [5.74, 6) is 1.23. The average Bonchev–Trinajstić information content (AvgIpc) is 3.46. The summed E-state index contributed by atoms with van der Waals surface area (Å²) in [5, 5.41) is 6.07. The number of carbonyl (C=O) groups is 2. The Hall–Kier alpha value is -2.26. The number of carbonyl (C=O) groups excluding carboxylic acids is 2. The van der Waals surface area contributed by atoms with E-state index in [9.17, 15) is 9.59 Å². The predicted octanol–water partition coefficient (Wildman–Crippen LogP) is 2.99. The molecule has 0 aliphatic carbocycles. The molecule has 0 spiro atoms. The lowest BCUT2D eigenvalue weighted by Crippen LogP contribution is -2.45. The first-order valence-electron chi connectivity index (χ1n) is 12.1. The first-order chi connectivity index (χ1) is 15.9. The monoisotopic (exact) mass is 470 g/mol. The molecule has 2 saturated heterocycles. The summed E-state index contributed by atoms with van der Waals surface area (Å²) in [7, 11) is 0. The minimum atomic E-state index is -0.00763. The summed E-state index contributed by atoms with van der Waals surface area (Å²) in [4.78, 5) is 37.5. The molecule has 2 aromatic heterocycles. The van der Waals surface area contributed by atoms with E-state index in [4.69, 9.17) is 4.98 Å². The van der Waals surface area contributed by atoms with Crippen molar-refractivity contribution in [2.24, 2.45) is 0 Å². The average molecular weight is 471 g/mol. The van der Waals surface area contributed by atoms with E-state index in [-0.39, 0.29) is 17.9 Å². The van der Waals surface area contributed by atoms with Crippen molar-refractivity contribution in [1.82, 2.24) is 29.7 Å². The molecule has 2 bridgehead atoms. The normalized spacial score (nSPS) is 25.7. The first-order valence-corrected chi connectivity index (χ1v) is 13.0. The molecule has 2 fully saturated rings. The fourth-order valence-electron chi connectivity index (χ4n) is 6.30. The fraction of sp³-hybridized carbons (Fsp3) is 0.667.